The molecule has 1 heterocycles. The average Bonchev–Trinajstić information content (AvgIpc) is 2.55. The van der Waals surface area contributed by atoms with Crippen LogP contribution in [0.2, 0.25) is 0 Å². The molecule has 0 radical (unpaired) electrons. The Labute approximate surface area is 111 Å². The van der Waals surface area contributed by atoms with E-state index in [4.69, 9.17) is 5.26 Å². The number of hydrogen-bond acceptors (Lipinski definition) is 2. The van der Waals surface area contributed by atoms with Gasteiger partial charge in [0.25, 0.3) is 0 Å². The number of hydrogen-bond donors (Lipinski definition) is 0. The highest BCUT2D eigenvalue weighted by Crippen LogP contribution is 2.23. The van der Waals surface area contributed by atoms with Crippen molar-refractivity contribution in [3.63, 3.8) is 0 Å². The lowest BCUT2D eigenvalue weighted by atomic mass is 9.95. The summed E-state index contributed by atoms with van der Waals surface area (Å²) in [4.78, 5) is 14.2. The average molecular weight is 250 g/mol. The lowest BCUT2D eigenvalue weighted by Crippen LogP contribution is -2.38. The van der Waals surface area contributed by atoms with Crippen LogP contribution in [0.15, 0.2) is 0 Å². The Morgan fingerprint density at radius 2 is 2.11 bits per heavy atom. The number of rotatable bonds is 4. The highest BCUT2D eigenvalue weighted by molar-refractivity contribution is 5.81. The molecule has 3 nitrogen and oxygen atoms in total. The van der Waals surface area contributed by atoms with Crippen molar-refractivity contribution in [3.05, 3.63) is 0 Å². The molecule has 1 amide bonds. The van der Waals surface area contributed by atoms with Crippen LogP contribution in [0, 0.1) is 29.1 Å². The summed E-state index contributed by atoms with van der Waals surface area (Å²) >= 11 is 0. The zero-order valence-corrected chi connectivity index (χ0v) is 12.0. The molecule has 18 heavy (non-hydrogen) atoms. The van der Waals surface area contributed by atoms with Gasteiger partial charge in [-0.25, -0.2) is 0 Å². The summed E-state index contributed by atoms with van der Waals surface area (Å²) in [6.07, 6.45) is 5.93. The molecule has 0 spiro atoms. The first-order valence-corrected chi connectivity index (χ1v) is 7.28. The Balaban J connectivity index is 2.57. The first-order valence-electron chi connectivity index (χ1n) is 7.28. The van der Waals surface area contributed by atoms with Gasteiger partial charge in [-0.3, -0.25) is 4.79 Å². The number of likely N-dealkylation sites (tertiary alicyclic amines) is 1. The fourth-order valence-corrected chi connectivity index (χ4v) is 2.77. The maximum absolute atomic E-state index is 12.3. The standard InChI is InChI=1S/C15H26N2O/c1-4-6-13-7-5-9-17(10-8-13)15(18)14(11-16)12(2)3/h12-14H,4-10H2,1-3H3. The van der Waals surface area contributed by atoms with Gasteiger partial charge in [0.2, 0.25) is 5.91 Å². The van der Waals surface area contributed by atoms with Crippen LogP contribution in [-0.2, 0) is 4.79 Å². The van der Waals surface area contributed by atoms with Gasteiger partial charge in [0.1, 0.15) is 5.92 Å². The maximum atomic E-state index is 12.3. The van der Waals surface area contributed by atoms with Crippen LogP contribution >= 0.6 is 0 Å². The maximum Gasteiger partial charge on any atom is 0.240 e. The molecule has 0 bridgehead atoms. The number of nitriles is 1. The Morgan fingerprint density at radius 3 is 2.67 bits per heavy atom. The molecule has 0 aromatic heterocycles. The second kappa shape index (κ2) is 7.41. The van der Waals surface area contributed by atoms with E-state index in [1.807, 2.05) is 18.7 Å². The molecule has 1 aliphatic heterocycles. The van der Waals surface area contributed by atoms with Gasteiger partial charge in [-0.2, -0.15) is 5.26 Å². The molecular formula is C15H26N2O. The largest absolute Gasteiger partial charge is 0.342 e. The third kappa shape index (κ3) is 4.01. The second-order valence-electron chi connectivity index (χ2n) is 5.76. The third-order valence-electron chi connectivity index (χ3n) is 3.93. The summed E-state index contributed by atoms with van der Waals surface area (Å²) in [6.45, 7) is 7.80. The predicted molar refractivity (Wildman–Crippen MR) is 72.8 cm³/mol. The summed E-state index contributed by atoms with van der Waals surface area (Å²) in [5.74, 6) is 0.460. The van der Waals surface area contributed by atoms with E-state index in [2.05, 4.69) is 13.0 Å². The topological polar surface area (TPSA) is 44.1 Å². The van der Waals surface area contributed by atoms with E-state index >= 15 is 0 Å². The zero-order chi connectivity index (χ0) is 13.5. The minimum Gasteiger partial charge on any atom is -0.342 e. The summed E-state index contributed by atoms with van der Waals surface area (Å²) in [5, 5.41) is 9.11. The molecule has 0 aliphatic carbocycles. The fourth-order valence-electron chi connectivity index (χ4n) is 2.77. The monoisotopic (exact) mass is 250 g/mol. The van der Waals surface area contributed by atoms with E-state index in [-0.39, 0.29) is 11.8 Å². The van der Waals surface area contributed by atoms with E-state index in [0.29, 0.717) is 0 Å². The van der Waals surface area contributed by atoms with Crippen LogP contribution in [0.4, 0.5) is 0 Å². The van der Waals surface area contributed by atoms with Crippen molar-refractivity contribution < 1.29 is 4.79 Å². The van der Waals surface area contributed by atoms with Crippen LogP contribution in [0.25, 0.3) is 0 Å². The van der Waals surface area contributed by atoms with E-state index in [1.54, 1.807) is 0 Å². The molecule has 0 N–H and O–H groups in total. The first-order chi connectivity index (χ1) is 8.60. The second-order valence-corrected chi connectivity index (χ2v) is 5.76. The van der Waals surface area contributed by atoms with Crippen molar-refractivity contribution in [2.24, 2.45) is 17.8 Å². The Bertz CT molecular complexity index is 306. The molecule has 0 aromatic rings. The van der Waals surface area contributed by atoms with Gasteiger partial charge in [-0.1, -0.05) is 33.6 Å². The van der Waals surface area contributed by atoms with Crippen LogP contribution in [0.5, 0.6) is 0 Å². The Morgan fingerprint density at radius 1 is 1.39 bits per heavy atom. The minimum absolute atomic E-state index is 0.0460. The minimum atomic E-state index is -0.465. The first kappa shape index (κ1) is 15.0. The van der Waals surface area contributed by atoms with Crippen molar-refractivity contribution in [2.75, 3.05) is 13.1 Å². The van der Waals surface area contributed by atoms with Crippen molar-refractivity contribution in [1.29, 1.82) is 5.26 Å². The normalized spacial score (nSPS) is 22.4. The van der Waals surface area contributed by atoms with E-state index in [9.17, 15) is 4.79 Å². The van der Waals surface area contributed by atoms with Gasteiger partial charge in [0.05, 0.1) is 6.07 Å². The highest BCUT2D eigenvalue weighted by Gasteiger charge is 2.28. The summed E-state index contributed by atoms with van der Waals surface area (Å²) in [7, 11) is 0. The number of nitrogens with zero attached hydrogens (tertiary/aromatic N) is 2. The van der Waals surface area contributed by atoms with E-state index in [1.165, 1.54) is 19.3 Å². The van der Waals surface area contributed by atoms with Crippen molar-refractivity contribution in [3.8, 4) is 6.07 Å². The molecule has 102 valence electrons. The quantitative estimate of drug-likeness (QED) is 0.769. The molecule has 1 aliphatic rings. The molecule has 1 rings (SSSR count). The predicted octanol–water partition coefficient (Wildman–Crippen LogP) is 3.21. The van der Waals surface area contributed by atoms with Gasteiger partial charge in [0, 0.05) is 13.1 Å². The molecule has 3 heteroatoms. The molecule has 2 unspecified atom stereocenters. The van der Waals surface area contributed by atoms with Crippen molar-refractivity contribution >= 4 is 5.91 Å². The van der Waals surface area contributed by atoms with Crippen LogP contribution in [-0.4, -0.2) is 23.9 Å². The fraction of sp³-hybridized carbons (Fsp3) is 0.867. The molecule has 0 aromatic carbocycles. The van der Waals surface area contributed by atoms with Gasteiger partial charge in [-0.15, -0.1) is 0 Å². The van der Waals surface area contributed by atoms with Gasteiger partial charge < -0.3 is 4.90 Å². The summed E-state index contributed by atoms with van der Waals surface area (Å²) in [5.41, 5.74) is 0. The summed E-state index contributed by atoms with van der Waals surface area (Å²) < 4.78 is 0. The molecule has 2 atom stereocenters. The van der Waals surface area contributed by atoms with E-state index in [0.717, 1.165) is 31.8 Å². The molecule has 0 saturated carbocycles. The van der Waals surface area contributed by atoms with Gasteiger partial charge in [0.15, 0.2) is 0 Å². The Hall–Kier alpha value is -1.04. The third-order valence-corrected chi connectivity index (χ3v) is 3.93. The van der Waals surface area contributed by atoms with Crippen LogP contribution < -0.4 is 0 Å². The highest BCUT2D eigenvalue weighted by atomic mass is 16.2. The van der Waals surface area contributed by atoms with Crippen LogP contribution in [0.3, 0.4) is 0 Å². The number of amides is 1. The molecular weight excluding hydrogens is 224 g/mol. The van der Waals surface area contributed by atoms with Crippen molar-refractivity contribution in [1.82, 2.24) is 4.90 Å². The van der Waals surface area contributed by atoms with Gasteiger partial charge >= 0.3 is 0 Å². The lowest BCUT2D eigenvalue weighted by Gasteiger charge is -2.24. The number of carbonyl (C=O) groups excluding carboxylic acids is 1. The molecule has 1 saturated heterocycles. The van der Waals surface area contributed by atoms with Gasteiger partial charge in [-0.05, 0) is 31.1 Å². The van der Waals surface area contributed by atoms with Crippen LogP contribution in [0.1, 0.15) is 52.9 Å². The van der Waals surface area contributed by atoms with E-state index < -0.39 is 5.92 Å². The van der Waals surface area contributed by atoms with Crippen molar-refractivity contribution in [2.45, 2.75) is 52.9 Å². The molecule has 1 fully saturated rings. The SMILES string of the molecule is CCCC1CCCN(C(=O)C(C#N)C(C)C)CC1. The smallest absolute Gasteiger partial charge is 0.240 e. The number of carbonyl (C=O) groups is 1. The summed E-state index contributed by atoms with van der Waals surface area (Å²) in [6, 6.07) is 2.16. The zero-order valence-electron chi connectivity index (χ0n) is 12.0. The Kier molecular flexibility index (Phi) is 6.18. The lowest BCUT2D eigenvalue weighted by molar-refractivity contribution is -0.134.